The van der Waals surface area contributed by atoms with E-state index in [4.69, 9.17) is 9.47 Å². The smallest absolute Gasteiger partial charge is 0.243 e. The number of methoxy groups -OCH3 is 2. The first kappa shape index (κ1) is 18.7. The van der Waals surface area contributed by atoms with Crippen LogP contribution in [-0.4, -0.2) is 58.5 Å². The van der Waals surface area contributed by atoms with Gasteiger partial charge in [0.1, 0.15) is 0 Å². The largest absolute Gasteiger partial charge is 0.493 e. The van der Waals surface area contributed by atoms with Crippen molar-refractivity contribution in [1.29, 1.82) is 0 Å². The molecule has 1 heterocycles. The molecular formula is C19H24N2O4S. The van der Waals surface area contributed by atoms with Crippen molar-refractivity contribution in [3.63, 3.8) is 0 Å². The van der Waals surface area contributed by atoms with Gasteiger partial charge in [-0.3, -0.25) is 4.90 Å². The number of ether oxygens (including phenoxy) is 2. The Morgan fingerprint density at radius 1 is 0.962 bits per heavy atom. The Labute approximate surface area is 155 Å². The summed E-state index contributed by atoms with van der Waals surface area (Å²) in [6, 6.07) is 14.7. The van der Waals surface area contributed by atoms with Gasteiger partial charge in [0.05, 0.1) is 19.1 Å². The molecule has 0 bridgehead atoms. The molecule has 7 heteroatoms. The SMILES string of the molecule is COc1ccc(S(=O)(=O)N2CCN(C)[C@H](c3ccccc3)C2)cc1OC. The summed E-state index contributed by atoms with van der Waals surface area (Å²) in [7, 11) is 1.43. The molecule has 0 saturated carbocycles. The lowest BCUT2D eigenvalue weighted by Gasteiger charge is -2.39. The van der Waals surface area contributed by atoms with E-state index in [1.165, 1.54) is 20.3 Å². The monoisotopic (exact) mass is 376 g/mol. The standard InChI is InChI=1S/C19H24N2O4S/c1-20-11-12-21(14-17(20)15-7-5-4-6-8-15)26(22,23)16-9-10-18(24-2)19(13-16)25-3/h4-10,13,17H,11-12,14H2,1-3H3/t17-/m0/s1. The second-order valence-corrected chi connectivity index (χ2v) is 8.22. The van der Waals surface area contributed by atoms with Gasteiger partial charge in [-0.1, -0.05) is 30.3 Å². The molecule has 0 aromatic heterocycles. The number of piperazine rings is 1. The average molecular weight is 376 g/mol. The maximum Gasteiger partial charge on any atom is 0.243 e. The number of hydrogen-bond donors (Lipinski definition) is 0. The Bertz CT molecular complexity index is 855. The molecule has 6 nitrogen and oxygen atoms in total. The fourth-order valence-electron chi connectivity index (χ4n) is 3.23. The molecule has 2 aromatic rings. The van der Waals surface area contributed by atoms with E-state index in [0.29, 0.717) is 31.1 Å². The summed E-state index contributed by atoms with van der Waals surface area (Å²) in [5, 5.41) is 0. The molecule has 2 aromatic carbocycles. The van der Waals surface area contributed by atoms with Crippen LogP contribution in [0.4, 0.5) is 0 Å². The zero-order valence-electron chi connectivity index (χ0n) is 15.3. The van der Waals surface area contributed by atoms with Crippen molar-refractivity contribution in [2.45, 2.75) is 10.9 Å². The van der Waals surface area contributed by atoms with E-state index in [1.807, 2.05) is 37.4 Å². The molecule has 0 N–H and O–H groups in total. The summed E-state index contributed by atoms with van der Waals surface area (Å²) >= 11 is 0. The highest BCUT2D eigenvalue weighted by molar-refractivity contribution is 7.89. The van der Waals surface area contributed by atoms with Crippen LogP contribution in [0.2, 0.25) is 0 Å². The number of sulfonamides is 1. The van der Waals surface area contributed by atoms with Gasteiger partial charge < -0.3 is 9.47 Å². The summed E-state index contributed by atoms with van der Waals surface area (Å²) in [4.78, 5) is 2.40. The van der Waals surface area contributed by atoms with Gasteiger partial charge >= 0.3 is 0 Å². The molecule has 0 amide bonds. The summed E-state index contributed by atoms with van der Waals surface area (Å²) < 4.78 is 38.3. The summed E-state index contributed by atoms with van der Waals surface area (Å²) in [6.45, 7) is 1.54. The van der Waals surface area contributed by atoms with E-state index >= 15 is 0 Å². The fraction of sp³-hybridized carbons (Fsp3) is 0.368. The minimum absolute atomic E-state index is 0.0277. The van der Waals surface area contributed by atoms with Crippen LogP contribution in [-0.2, 0) is 10.0 Å². The van der Waals surface area contributed by atoms with Crippen LogP contribution >= 0.6 is 0 Å². The van der Waals surface area contributed by atoms with Crippen LogP contribution < -0.4 is 9.47 Å². The first-order chi connectivity index (χ1) is 12.5. The van der Waals surface area contributed by atoms with Gasteiger partial charge in [0.25, 0.3) is 0 Å². The molecule has 26 heavy (non-hydrogen) atoms. The van der Waals surface area contributed by atoms with E-state index in [-0.39, 0.29) is 10.9 Å². The maximum absolute atomic E-state index is 13.1. The molecule has 0 aliphatic carbocycles. The Balaban J connectivity index is 1.90. The minimum atomic E-state index is -3.61. The normalized spacial score (nSPS) is 19.3. The Morgan fingerprint density at radius 3 is 2.31 bits per heavy atom. The molecule has 1 saturated heterocycles. The first-order valence-corrected chi connectivity index (χ1v) is 9.88. The average Bonchev–Trinajstić information content (AvgIpc) is 2.68. The third-order valence-corrected chi connectivity index (χ3v) is 6.65. The van der Waals surface area contributed by atoms with Crippen LogP contribution in [0, 0.1) is 0 Å². The molecule has 1 aliphatic rings. The Kier molecular flexibility index (Phi) is 5.50. The molecule has 1 fully saturated rings. The zero-order valence-corrected chi connectivity index (χ0v) is 16.1. The van der Waals surface area contributed by atoms with Gasteiger partial charge in [-0.2, -0.15) is 4.31 Å². The number of benzene rings is 2. The predicted molar refractivity (Wildman–Crippen MR) is 100 cm³/mol. The highest BCUT2D eigenvalue weighted by atomic mass is 32.2. The van der Waals surface area contributed by atoms with Gasteiger partial charge in [-0.25, -0.2) is 8.42 Å². The van der Waals surface area contributed by atoms with E-state index in [9.17, 15) is 8.42 Å². The van der Waals surface area contributed by atoms with E-state index < -0.39 is 10.0 Å². The molecule has 3 rings (SSSR count). The van der Waals surface area contributed by atoms with Crippen molar-refractivity contribution in [3.05, 3.63) is 54.1 Å². The second kappa shape index (κ2) is 7.65. The third-order valence-electron chi connectivity index (χ3n) is 4.79. The molecule has 0 spiro atoms. The van der Waals surface area contributed by atoms with Crippen molar-refractivity contribution in [1.82, 2.24) is 9.21 Å². The summed E-state index contributed by atoms with van der Waals surface area (Å²) in [6.07, 6.45) is 0. The molecule has 1 atom stereocenters. The lowest BCUT2D eigenvalue weighted by atomic mass is 10.0. The van der Waals surface area contributed by atoms with Gasteiger partial charge in [-0.15, -0.1) is 0 Å². The van der Waals surface area contributed by atoms with Crippen LogP contribution in [0.1, 0.15) is 11.6 Å². The second-order valence-electron chi connectivity index (χ2n) is 6.29. The van der Waals surface area contributed by atoms with Gasteiger partial charge in [0.15, 0.2) is 11.5 Å². The number of nitrogens with zero attached hydrogens (tertiary/aromatic N) is 2. The van der Waals surface area contributed by atoms with Crippen molar-refractivity contribution in [3.8, 4) is 11.5 Å². The van der Waals surface area contributed by atoms with Crippen molar-refractivity contribution >= 4 is 10.0 Å². The fourth-order valence-corrected chi connectivity index (χ4v) is 4.68. The molecule has 0 unspecified atom stereocenters. The topological polar surface area (TPSA) is 59.1 Å². The number of likely N-dealkylation sites (N-methyl/N-ethyl adjacent to an activating group) is 1. The Morgan fingerprint density at radius 2 is 1.65 bits per heavy atom. The van der Waals surface area contributed by atoms with Crippen LogP contribution in [0.5, 0.6) is 11.5 Å². The Hall–Kier alpha value is -2.09. The van der Waals surface area contributed by atoms with Crippen LogP contribution in [0.25, 0.3) is 0 Å². The van der Waals surface area contributed by atoms with Gasteiger partial charge in [0, 0.05) is 31.7 Å². The summed E-state index contributed by atoms with van der Waals surface area (Å²) in [5.41, 5.74) is 1.11. The zero-order chi connectivity index (χ0) is 18.7. The third kappa shape index (κ3) is 3.56. The number of rotatable bonds is 5. The minimum Gasteiger partial charge on any atom is -0.493 e. The molecule has 1 aliphatic heterocycles. The van der Waals surface area contributed by atoms with Gasteiger partial charge in [0.2, 0.25) is 10.0 Å². The van der Waals surface area contributed by atoms with E-state index in [2.05, 4.69) is 4.90 Å². The maximum atomic E-state index is 13.1. The van der Waals surface area contributed by atoms with Crippen molar-refractivity contribution in [2.75, 3.05) is 40.9 Å². The van der Waals surface area contributed by atoms with Crippen LogP contribution in [0.3, 0.4) is 0 Å². The van der Waals surface area contributed by atoms with Crippen LogP contribution in [0.15, 0.2) is 53.4 Å². The lowest BCUT2D eigenvalue weighted by molar-refractivity contribution is 0.148. The highest BCUT2D eigenvalue weighted by Gasteiger charge is 2.33. The molecular weight excluding hydrogens is 352 g/mol. The number of hydrogen-bond acceptors (Lipinski definition) is 5. The van der Waals surface area contributed by atoms with E-state index in [0.717, 1.165) is 5.56 Å². The molecule has 140 valence electrons. The van der Waals surface area contributed by atoms with E-state index in [1.54, 1.807) is 16.4 Å². The highest BCUT2D eigenvalue weighted by Crippen LogP contribution is 2.32. The van der Waals surface area contributed by atoms with Gasteiger partial charge in [-0.05, 0) is 24.7 Å². The first-order valence-electron chi connectivity index (χ1n) is 8.44. The van der Waals surface area contributed by atoms with Crippen molar-refractivity contribution in [2.24, 2.45) is 0 Å². The molecule has 0 radical (unpaired) electrons. The lowest BCUT2D eigenvalue weighted by Crippen LogP contribution is -2.48. The summed E-state index contributed by atoms with van der Waals surface area (Å²) in [5.74, 6) is 0.911. The quantitative estimate of drug-likeness (QED) is 0.802. The van der Waals surface area contributed by atoms with Crippen molar-refractivity contribution < 1.29 is 17.9 Å². The predicted octanol–water partition coefficient (Wildman–Crippen LogP) is 2.38.